The minimum Gasteiger partial charge on any atom is -0.458 e. The van der Waals surface area contributed by atoms with Gasteiger partial charge in [0.2, 0.25) is 0 Å². The summed E-state index contributed by atoms with van der Waals surface area (Å²) in [4.78, 5) is 11.0. The molecule has 4 fully saturated rings. The first-order valence-electron chi connectivity index (χ1n) is 54.0. The van der Waals surface area contributed by atoms with Crippen molar-refractivity contribution in [2.24, 2.45) is 0 Å². The lowest BCUT2D eigenvalue weighted by Gasteiger charge is -2.46. The topological polar surface area (TPSA) is 31.4 Å². The molecular weight excluding hydrogens is 1670 g/mol. The van der Waals surface area contributed by atoms with E-state index in [4.69, 9.17) is 9.47 Å². The van der Waals surface area contributed by atoms with Gasteiger partial charge in [0.05, 0.1) is 11.4 Å². The Kier molecular flexibility index (Phi) is 24.8. The Bertz CT molecular complexity index is 6310. The maximum absolute atomic E-state index is 8.35. The molecule has 4 aliphatic carbocycles. The Morgan fingerprint density at radius 3 is 0.804 bits per heavy atom. The summed E-state index contributed by atoms with van der Waals surface area (Å²) in [6.07, 6.45) is 25.2. The summed E-state index contributed by atoms with van der Waals surface area (Å²) >= 11 is 0. The van der Waals surface area contributed by atoms with Crippen molar-refractivity contribution >= 4 is 114 Å². The summed E-state index contributed by atoms with van der Waals surface area (Å²) in [5.74, 6) is 5.44. The molecule has 0 radical (unpaired) electrons. The second-order valence-corrected chi connectivity index (χ2v) is 54.3. The fourth-order valence-electron chi connectivity index (χ4n) is 24.3. The molecule has 4 heterocycles. The number of nitrogens with zero attached hydrogens (tertiary/aromatic N) is 4. The van der Waals surface area contributed by atoms with Crippen LogP contribution in [0.2, 0.25) is 0 Å². The van der Waals surface area contributed by atoms with Gasteiger partial charge < -0.3 is 29.1 Å². The normalized spacial score (nSPS) is 17.1. The second-order valence-electron chi connectivity index (χ2n) is 54.3. The monoisotopic (exact) mass is 1840 g/mol. The molecule has 6 nitrogen and oxygen atoms in total. The highest BCUT2D eigenvalue weighted by atomic mass is 16.5. The largest absolute Gasteiger partial charge is 0.458 e. The molecule has 4 aliphatic heterocycles. The first-order chi connectivity index (χ1) is 64.6. The molecule has 8 heteroatoms. The standard InChI is InChI=1S/C130H164B2N4O2/c1-121(2,3)89-51-53-107-111(73-89)135(103-69-95(127(19,20)21)63-96(70-103)128(22,23)24)113-75-105(133(101-65-91(123(7,8)9)61-92(66-101)124(10,11)12)99-57-85(81-43-35-31-36-44-81)55-86(58-99)82-45-37-32-38-46-82)76-114-119(113)131(107)109-80-116-110(79-112(109)136(114)104-71-97(129(25,26)27)64-98(72-104)130(28,29)30)132-108-54-52-90(122(4,5)6)74-115(108)137-117-77-106(78-118(138-116)120(117)132)134(102-67-93(125(13,14)15)62-94(68-102)126(16,17)18)100-59-87(83-47-39-33-40-48-83)56-88(60-100)84-49-41-34-42-50-84/h51-84H,31-50H2,1-30H3. The zero-order valence-corrected chi connectivity index (χ0v) is 90.5. The first kappa shape index (κ1) is 97.2. The molecule has 0 spiro atoms. The van der Waals surface area contributed by atoms with E-state index in [-0.39, 0.29) is 67.6 Å². The number of fused-ring (bicyclic) bond motifs is 8. The molecule has 19 rings (SSSR count). The van der Waals surface area contributed by atoms with E-state index in [0.29, 0.717) is 23.7 Å². The van der Waals surface area contributed by atoms with Crippen LogP contribution in [0.5, 0.6) is 23.0 Å². The van der Waals surface area contributed by atoms with Gasteiger partial charge in [0.25, 0.3) is 13.4 Å². The number of rotatable bonds is 12. The summed E-state index contributed by atoms with van der Waals surface area (Å²) in [6, 6.07) is 77.2. The van der Waals surface area contributed by atoms with Crippen molar-refractivity contribution in [1.82, 2.24) is 0 Å². The Balaban J connectivity index is 0.955. The summed E-state index contributed by atoms with van der Waals surface area (Å²) in [6.45, 7) is 71.7. The van der Waals surface area contributed by atoms with E-state index in [2.05, 4.69) is 409 Å². The minimum absolute atomic E-state index is 0.144. The van der Waals surface area contributed by atoms with Gasteiger partial charge in [-0.25, -0.2) is 0 Å². The molecular formula is C130H164B2N4O2. The summed E-state index contributed by atoms with van der Waals surface area (Å²) in [7, 11) is 0. The van der Waals surface area contributed by atoms with Crippen molar-refractivity contribution in [2.75, 3.05) is 19.6 Å². The highest BCUT2D eigenvalue weighted by Gasteiger charge is 2.50. The van der Waals surface area contributed by atoms with Crippen LogP contribution in [0.4, 0.5) is 68.2 Å². The third kappa shape index (κ3) is 18.9. The molecule has 138 heavy (non-hydrogen) atoms. The van der Waals surface area contributed by atoms with Gasteiger partial charge in [-0.3, -0.25) is 0 Å². The van der Waals surface area contributed by atoms with E-state index in [9.17, 15) is 0 Å². The number of hydrogen-bond acceptors (Lipinski definition) is 6. The van der Waals surface area contributed by atoms with Crippen LogP contribution in [-0.2, 0) is 54.1 Å². The Hall–Kier alpha value is -9.65. The number of hydrogen-bond donors (Lipinski definition) is 0. The van der Waals surface area contributed by atoms with Crippen LogP contribution in [0.3, 0.4) is 0 Å². The van der Waals surface area contributed by atoms with Gasteiger partial charge in [0, 0.05) is 74.5 Å². The van der Waals surface area contributed by atoms with E-state index in [1.54, 1.807) is 0 Å². The lowest BCUT2D eigenvalue weighted by Crippen LogP contribution is -2.63. The maximum Gasteiger partial charge on any atom is 0.260 e. The molecule has 0 aromatic heterocycles. The highest BCUT2D eigenvalue weighted by molar-refractivity contribution is 7.01. The van der Waals surface area contributed by atoms with Crippen LogP contribution in [-0.4, -0.2) is 13.4 Å². The predicted octanol–water partition coefficient (Wildman–Crippen LogP) is 34.6. The predicted molar refractivity (Wildman–Crippen MR) is 598 cm³/mol. The van der Waals surface area contributed by atoms with Crippen molar-refractivity contribution < 1.29 is 9.47 Å². The Labute approximate surface area is 834 Å². The molecule has 722 valence electrons. The van der Waals surface area contributed by atoms with E-state index < -0.39 is 0 Å². The van der Waals surface area contributed by atoms with Crippen molar-refractivity contribution in [1.29, 1.82) is 0 Å². The molecule has 0 N–H and O–H groups in total. The van der Waals surface area contributed by atoms with E-state index in [0.717, 1.165) is 62.1 Å². The van der Waals surface area contributed by atoms with Gasteiger partial charge in [-0.1, -0.05) is 345 Å². The van der Waals surface area contributed by atoms with Gasteiger partial charge in [-0.15, -0.1) is 0 Å². The average molecular weight is 1840 g/mol. The number of benzene rings is 11. The van der Waals surface area contributed by atoms with Gasteiger partial charge in [0.15, 0.2) is 0 Å². The van der Waals surface area contributed by atoms with Crippen molar-refractivity contribution in [3.63, 3.8) is 0 Å². The number of ether oxygens (including phenoxy) is 2. The van der Waals surface area contributed by atoms with Gasteiger partial charge in [-0.2, -0.15) is 0 Å². The molecule has 0 bridgehead atoms. The van der Waals surface area contributed by atoms with E-state index in [1.807, 2.05) is 0 Å². The molecule has 8 aliphatic rings. The third-order valence-electron chi connectivity index (χ3n) is 33.3. The summed E-state index contributed by atoms with van der Waals surface area (Å²) in [5.41, 5.74) is 38.6. The van der Waals surface area contributed by atoms with Gasteiger partial charge in [-0.05, 0) is 344 Å². The van der Waals surface area contributed by atoms with E-state index >= 15 is 0 Å². The fourth-order valence-corrected chi connectivity index (χ4v) is 24.3. The van der Waals surface area contributed by atoms with Crippen molar-refractivity contribution in [3.05, 3.63) is 260 Å². The smallest absolute Gasteiger partial charge is 0.260 e. The summed E-state index contributed by atoms with van der Waals surface area (Å²) in [5, 5.41) is 0. The third-order valence-corrected chi connectivity index (χ3v) is 33.3. The van der Waals surface area contributed by atoms with Crippen LogP contribution in [0.25, 0.3) is 0 Å². The lowest BCUT2D eigenvalue weighted by atomic mass is 9.31. The maximum atomic E-state index is 8.35. The molecule has 0 amide bonds. The molecule has 4 saturated carbocycles. The minimum atomic E-state index is -0.294. The van der Waals surface area contributed by atoms with Crippen LogP contribution in [0, 0.1) is 0 Å². The second kappa shape index (κ2) is 35.2. The first-order valence-corrected chi connectivity index (χ1v) is 54.0. The van der Waals surface area contributed by atoms with Crippen LogP contribution in [0.15, 0.2) is 182 Å². The highest BCUT2D eigenvalue weighted by Crippen LogP contribution is 2.56. The SMILES string of the molecule is CC(C)(C)c1cc(N(c2cc(C3CCCCC3)cc(C3CCCCC3)c2)c2cc3c4c(c2)Oc2cc5c(cc2B4c2ccc(C(C)(C)C)cc2O3)N(c2cc(C(C)(C)C)cc(C(C)(C)C)c2)c2cc(N(c3cc(C4CCCCC4)cc(C4CCCCC4)c3)c3cc(C(C)(C)C)cc(C(C)(C)C)c3)cc3c2B5c2ccc(C(C)(C)C)cc2N3c2cc(C(C)(C)C)cc(C(C)(C)C)c2)cc(C(C)(C)C)c1. The molecule has 11 aromatic carbocycles. The van der Waals surface area contributed by atoms with Gasteiger partial charge in [0.1, 0.15) is 23.0 Å². The molecule has 11 aromatic rings. The zero-order valence-electron chi connectivity index (χ0n) is 90.5. The number of anilines is 12. The van der Waals surface area contributed by atoms with Crippen molar-refractivity contribution in [3.8, 4) is 23.0 Å². The fraction of sp³-hybridized carbons (Fsp3) is 0.492. The zero-order chi connectivity index (χ0) is 98.3. The average Bonchev–Trinajstić information content (AvgIpc) is 0.675. The van der Waals surface area contributed by atoms with Crippen LogP contribution >= 0.6 is 0 Å². The quantitative estimate of drug-likeness (QED) is 0.113. The molecule has 0 unspecified atom stereocenters. The van der Waals surface area contributed by atoms with Crippen LogP contribution in [0.1, 0.15) is 438 Å². The lowest BCUT2D eigenvalue weighted by molar-refractivity contribution is 0.435. The van der Waals surface area contributed by atoms with E-state index in [1.165, 1.54) is 268 Å². The summed E-state index contributed by atoms with van der Waals surface area (Å²) < 4.78 is 16.3. The van der Waals surface area contributed by atoms with Gasteiger partial charge >= 0.3 is 0 Å². The van der Waals surface area contributed by atoms with Crippen LogP contribution < -0.4 is 61.9 Å². The Morgan fingerprint density at radius 2 is 0.478 bits per heavy atom. The molecule has 0 atom stereocenters. The van der Waals surface area contributed by atoms with Crippen molar-refractivity contribution in [2.45, 2.75) is 414 Å². The molecule has 0 saturated heterocycles. The Morgan fingerprint density at radius 1 is 0.210 bits per heavy atom.